The number of carbonyl (C=O) groups is 1. The Labute approximate surface area is 111 Å². The molecule has 0 spiro atoms. The van der Waals surface area contributed by atoms with Crippen LogP contribution in [0.2, 0.25) is 0 Å². The van der Waals surface area contributed by atoms with E-state index in [1.165, 1.54) is 25.7 Å². The van der Waals surface area contributed by atoms with E-state index in [2.05, 4.69) is 19.2 Å². The number of rotatable bonds is 6. The van der Waals surface area contributed by atoms with E-state index in [9.17, 15) is 4.79 Å². The van der Waals surface area contributed by atoms with Crippen LogP contribution in [0.15, 0.2) is 0 Å². The summed E-state index contributed by atoms with van der Waals surface area (Å²) in [6.07, 6.45) is 7.14. The van der Waals surface area contributed by atoms with Crippen LogP contribution in [0, 0.1) is 23.7 Å². The maximum Gasteiger partial charge on any atom is 0.220 e. The van der Waals surface area contributed by atoms with Crippen LogP contribution in [0.1, 0.15) is 52.4 Å². The summed E-state index contributed by atoms with van der Waals surface area (Å²) >= 11 is 0. The van der Waals surface area contributed by atoms with E-state index in [4.69, 9.17) is 5.73 Å². The van der Waals surface area contributed by atoms with Gasteiger partial charge in [0, 0.05) is 19.0 Å². The van der Waals surface area contributed by atoms with Crippen molar-refractivity contribution >= 4 is 5.91 Å². The minimum atomic E-state index is 0.163. The Bertz CT molecular complexity index is 290. The predicted octanol–water partition coefficient (Wildman–Crippen LogP) is 2.30. The molecule has 2 fully saturated rings. The van der Waals surface area contributed by atoms with Crippen molar-refractivity contribution in [1.82, 2.24) is 5.32 Å². The maximum absolute atomic E-state index is 12.1. The second kappa shape index (κ2) is 6.05. The van der Waals surface area contributed by atoms with Crippen LogP contribution in [0.3, 0.4) is 0 Å². The molecule has 0 radical (unpaired) electrons. The fraction of sp³-hybridized carbons (Fsp3) is 0.933. The monoisotopic (exact) mass is 252 g/mol. The van der Waals surface area contributed by atoms with Crippen LogP contribution in [-0.2, 0) is 4.79 Å². The molecule has 0 aromatic heterocycles. The van der Waals surface area contributed by atoms with E-state index in [1.807, 2.05) is 0 Å². The van der Waals surface area contributed by atoms with Crippen molar-refractivity contribution in [2.24, 2.45) is 29.4 Å². The third kappa shape index (κ3) is 3.47. The molecule has 4 atom stereocenters. The van der Waals surface area contributed by atoms with Gasteiger partial charge in [-0.05, 0) is 49.4 Å². The highest BCUT2D eigenvalue weighted by Crippen LogP contribution is 2.49. The summed E-state index contributed by atoms with van der Waals surface area (Å²) in [5.41, 5.74) is 5.72. The van der Waals surface area contributed by atoms with Crippen molar-refractivity contribution in [1.29, 1.82) is 0 Å². The van der Waals surface area contributed by atoms with Crippen molar-refractivity contribution in [3.05, 3.63) is 0 Å². The Morgan fingerprint density at radius 2 is 2.11 bits per heavy atom. The van der Waals surface area contributed by atoms with Gasteiger partial charge in [-0.15, -0.1) is 0 Å². The molecule has 3 heteroatoms. The molecule has 3 nitrogen and oxygen atoms in total. The number of hydrogen-bond acceptors (Lipinski definition) is 2. The Kier molecular flexibility index (Phi) is 4.66. The van der Waals surface area contributed by atoms with E-state index >= 15 is 0 Å². The van der Waals surface area contributed by atoms with Crippen LogP contribution in [-0.4, -0.2) is 18.5 Å². The first kappa shape index (κ1) is 13.9. The molecule has 0 aliphatic heterocycles. The molecule has 2 aliphatic carbocycles. The SMILES string of the molecule is CC(C)CC(CN)NC(=O)CC1CC2CCC1C2. The Hall–Kier alpha value is -0.570. The van der Waals surface area contributed by atoms with Gasteiger partial charge in [0.15, 0.2) is 0 Å². The zero-order chi connectivity index (χ0) is 13.1. The van der Waals surface area contributed by atoms with Crippen molar-refractivity contribution in [3.63, 3.8) is 0 Å². The fourth-order valence-electron chi connectivity index (χ4n) is 3.93. The lowest BCUT2D eigenvalue weighted by Crippen LogP contribution is -2.41. The highest BCUT2D eigenvalue weighted by molar-refractivity contribution is 5.76. The van der Waals surface area contributed by atoms with E-state index in [0.717, 1.165) is 24.7 Å². The van der Waals surface area contributed by atoms with E-state index in [1.54, 1.807) is 0 Å². The average molecular weight is 252 g/mol. The lowest BCUT2D eigenvalue weighted by Gasteiger charge is -2.23. The molecule has 2 bridgehead atoms. The summed E-state index contributed by atoms with van der Waals surface area (Å²) in [5.74, 6) is 3.22. The van der Waals surface area contributed by atoms with Crippen molar-refractivity contribution < 1.29 is 4.79 Å². The second-order valence-electron chi connectivity index (χ2n) is 6.77. The maximum atomic E-state index is 12.1. The first-order valence-electron chi connectivity index (χ1n) is 7.58. The number of amides is 1. The third-order valence-corrected chi connectivity index (χ3v) is 4.74. The zero-order valence-electron chi connectivity index (χ0n) is 11.8. The summed E-state index contributed by atoms with van der Waals surface area (Å²) < 4.78 is 0. The van der Waals surface area contributed by atoms with Gasteiger partial charge in [0.05, 0.1) is 0 Å². The highest BCUT2D eigenvalue weighted by Gasteiger charge is 2.40. The Morgan fingerprint density at radius 1 is 1.33 bits per heavy atom. The molecule has 2 aliphatic rings. The number of nitrogens with two attached hydrogens (primary N) is 1. The minimum absolute atomic E-state index is 0.163. The van der Waals surface area contributed by atoms with Crippen LogP contribution < -0.4 is 11.1 Å². The zero-order valence-corrected chi connectivity index (χ0v) is 11.8. The highest BCUT2D eigenvalue weighted by atomic mass is 16.1. The number of fused-ring (bicyclic) bond motifs is 2. The number of hydrogen-bond donors (Lipinski definition) is 2. The summed E-state index contributed by atoms with van der Waals surface area (Å²) in [6, 6.07) is 0.163. The number of nitrogens with one attached hydrogen (secondary N) is 1. The average Bonchev–Trinajstić information content (AvgIpc) is 2.89. The topological polar surface area (TPSA) is 55.1 Å². The van der Waals surface area contributed by atoms with Gasteiger partial charge in [-0.3, -0.25) is 4.79 Å². The molecule has 0 saturated heterocycles. The first-order valence-corrected chi connectivity index (χ1v) is 7.58. The molecule has 0 heterocycles. The summed E-state index contributed by atoms with van der Waals surface area (Å²) in [4.78, 5) is 12.1. The lowest BCUT2D eigenvalue weighted by molar-refractivity contribution is -0.123. The molecule has 1 amide bonds. The summed E-state index contributed by atoms with van der Waals surface area (Å²) in [6.45, 7) is 4.90. The fourth-order valence-corrected chi connectivity index (χ4v) is 3.93. The van der Waals surface area contributed by atoms with Gasteiger partial charge in [-0.1, -0.05) is 20.3 Å². The number of carbonyl (C=O) groups excluding carboxylic acids is 1. The minimum Gasteiger partial charge on any atom is -0.352 e. The molecule has 18 heavy (non-hydrogen) atoms. The molecule has 4 unspecified atom stereocenters. The quantitative estimate of drug-likeness (QED) is 0.762. The molecule has 2 saturated carbocycles. The van der Waals surface area contributed by atoms with Crippen molar-refractivity contribution in [2.45, 2.75) is 58.4 Å². The third-order valence-electron chi connectivity index (χ3n) is 4.74. The summed E-state index contributed by atoms with van der Waals surface area (Å²) in [5, 5.41) is 3.12. The van der Waals surface area contributed by atoms with E-state index in [0.29, 0.717) is 18.4 Å². The predicted molar refractivity (Wildman–Crippen MR) is 74.0 cm³/mol. The Balaban J connectivity index is 1.74. The van der Waals surface area contributed by atoms with Gasteiger partial charge in [0.25, 0.3) is 0 Å². The lowest BCUT2D eigenvalue weighted by atomic mass is 9.86. The van der Waals surface area contributed by atoms with Crippen molar-refractivity contribution in [2.75, 3.05) is 6.54 Å². The summed E-state index contributed by atoms with van der Waals surface area (Å²) in [7, 11) is 0. The van der Waals surface area contributed by atoms with Gasteiger partial charge < -0.3 is 11.1 Å². The van der Waals surface area contributed by atoms with Gasteiger partial charge >= 0.3 is 0 Å². The van der Waals surface area contributed by atoms with Gasteiger partial charge in [-0.2, -0.15) is 0 Å². The first-order chi connectivity index (χ1) is 8.58. The van der Waals surface area contributed by atoms with Gasteiger partial charge in [-0.25, -0.2) is 0 Å². The standard InChI is InChI=1S/C15H28N2O/c1-10(2)5-14(9-16)17-15(18)8-13-7-11-3-4-12(13)6-11/h10-14H,3-9,16H2,1-2H3,(H,17,18). The van der Waals surface area contributed by atoms with Crippen LogP contribution in [0.4, 0.5) is 0 Å². The smallest absolute Gasteiger partial charge is 0.220 e. The molecule has 2 rings (SSSR count). The van der Waals surface area contributed by atoms with Crippen LogP contribution in [0.25, 0.3) is 0 Å². The normalized spacial score (nSPS) is 31.9. The molecular weight excluding hydrogens is 224 g/mol. The van der Waals surface area contributed by atoms with Crippen molar-refractivity contribution in [3.8, 4) is 0 Å². The van der Waals surface area contributed by atoms with Crippen LogP contribution >= 0.6 is 0 Å². The molecule has 3 N–H and O–H groups in total. The van der Waals surface area contributed by atoms with Gasteiger partial charge in [0.2, 0.25) is 5.91 Å². The largest absolute Gasteiger partial charge is 0.352 e. The molecule has 0 aromatic carbocycles. The van der Waals surface area contributed by atoms with Gasteiger partial charge in [0.1, 0.15) is 0 Å². The van der Waals surface area contributed by atoms with E-state index in [-0.39, 0.29) is 11.9 Å². The van der Waals surface area contributed by atoms with Crippen LogP contribution in [0.5, 0.6) is 0 Å². The molecular formula is C15H28N2O. The molecule has 0 aromatic rings. The Morgan fingerprint density at radius 3 is 2.61 bits per heavy atom. The van der Waals surface area contributed by atoms with E-state index < -0.39 is 0 Å². The second-order valence-corrected chi connectivity index (χ2v) is 6.77. The molecule has 104 valence electrons.